The molecule has 3 amide bonds. The third kappa shape index (κ3) is 3.96. The van der Waals surface area contributed by atoms with Gasteiger partial charge in [0.05, 0.1) is 24.1 Å². The van der Waals surface area contributed by atoms with E-state index in [0.717, 1.165) is 15.8 Å². The first kappa shape index (κ1) is 22.5. The molecule has 180 valence electrons. The fourth-order valence-corrected chi connectivity index (χ4v) is 3.84. The minimum atomic E-state index is -0.669. The molecular weight excluding hydrogens is 470 g/mol. The van der Waals surface area contributed by atoms with Crippen LogP contribution in [-0.2, 0) is 16.1 Å². The first-order valence-corrected chi connectivity index (χ1v) is 10.6. The van der Waals surface area contributed by atoms with Gasteiger partial charge < -0.3 is 19.0 Å². The molecule has 4 heterocycles. The number of carbonyl (C=O) groups excluding carboxylic acids is 3. The molecule has 1 aliphatic rings. The van der Waals surface area contributed by atoms with E-state index in [9.17, 15) is 24.5 Å². The van der Waals surface area contributed by atoms with Crippen molar-refractivity contribution in [2.24, 2.45) is 0 Å². The average molecular weight is 487 g/mol. The maximum absolute atomic E-state index is 13.0. The van der Waals surface area contributed by atoms with Crippen molar-refractivity contribution >= 4 is 40.6 Å². The summed E-state index contributed by atoms with van der Waals surface area (Å²) in [5, 5.41) is 14.3. The van der Waals surface area contributed by atoms with E-state index >= 15 is 0 Å². The van der Waals surface area contributed by atoms with Gasteiger partial charge in [0, 0.05) is 23.2 Å². The zero-order valence-electron chi connectivity index (χ0n) is 18.7. The number of imide groups is 1. The number of hydrogen-bond donors (Lipinski definition) is 1. The van der Waals surface area contributed by atoms with Crippen LogP contribution in [0, 0.1) is 10.1 Å². The fourth-order valence-electron chi connectivity index (χ4n) is 3.84. The number of furan rings is 1. The number of urea groups is 1. The van der Waals surface area contributed by atoms with Crippen LogP contribution in [0.15, 0.2) is 71.0 Å². The van der Waals surface area contributed by atoms with E-state index in [-0.39, 0.29) is 29.4 Å². The first-order valence-electron chi connectivity index (χ1n) is 10.6. The van der Waals surface area contributed by atoms with Crippen LogP contribution in [0.5, 0.6) is 0 Å². The number of fused-ring (bicyclic) bond motifs is 1. The van der Waals surface area contributed by atoms with Crippen LogP contribution in [0.4, 0.5) is 10.5 Å². The lowest BCUT2D eigenvalue weighted by Crippen LogP contribution is -2.30. The number of rotatable bonds is 6. The van der Waals surface area contributed by atoms with Crippen LogP contribution in [0.3, 0.4) is 0 Å². The van der Waals surface area contributed by atoms with E-state index in [4.69, 9.17) is 4.42 Å². The second kappa shape index (κ2) is 8.83. The molecule has 3 aromatic heterocycles. The number of nitrogens with one attached hydrogen (secondary N) is 1. The van der Waals surface area contributed by atoms with E-state index in [0.29, 0.717) is 11.4 Å². The zero-order valence-corrected chi connectivity index (χ0v) is 18.7. The van der Waals surface area contributed by atoms with Crippen molar-refractivity contribution in [2.45, 2.75) is 6.54 Å². The number of nitrogens with zero attached hydrogens (tertiary/aromatic N) is 4. The molecule has 1 N–H and O–H groups in total. The Morgan fingerprint density at radius 2 is 2.00 bits per heavy atom. The minimum Gasteiger partial charge on any atom is -0.463 e. The van der Waals surface area contributed by atoms with Gasteiger partial charge in [-0.25, -0.2) is 14.6 Å². The molecule has 0 aliphatic carbocycles. The summed E-state index contributed by atoms with van der Waals surface area (Å²) >= 11 is 0. The van der Waals surface area contributed by atoms with Gasteiger partial charge in [0.15, 0.2) is 0 Å². The second-order valence-electron chi connectivity index (χ2n) is 7.74. The smallest absolute Gasteiger partial charge is 0.373 e. The Balaban J connectivity index is 1.45. The summed E-state index contributed by atoms with van der Waals surface area (Å²) in [6.07, 6.45) is 4.44. The SMILES string of the molecule is COC(=O)c1ccc(CN2C(=O)NC(=Cc3cn(-c4ccc([N+](=O)[O-])cn4)c4ccccc34)C2=O)o1. The van der Waals surface area contributed by atoms with Gasteiger partial charge in [-0.3, -0.25) is 19.8 Å². The van der Waals surface area contributed by atoms with Gasteiger partial charge in [-0.1, -0.05) is 18.2 Å². The number of ether oxygens (including phenoxy) is 1. The lowest BCUT2D eigenvalue weighted by atomic mass is 10.1. The Morgan fingerprint density at radius 1 is 1.19 bits per heavy atom. The van der Waals surface area contributed by atoms with Gasteiger partial charge in [-0.15, -0.1) is 0 Å². The molecule has 12 heteroatoms. The molecule has 0 spiro atoms. The molecule has 0 unspecified atom stereocenters. The summed E-state index contributed by atoms with van der Waals surface area (Å²) in [4.78, 5) is 52.7. The van der Waals surface area contributed by atoms with Crippen molar-refractivity contribution in [1.82, 2.24) is 19.8 Å². The van der Waals surface area contributed by atoms with Gasteiger partial charge in [-0.05, 0) is 30.3 Å². The number of amides is 3. The zero-order chi connectivity index (χ0) is 25.4. The van der Waals surface area contributed by atoms with E-state index in [2.05, 4.69) is 15.0 Å². The quantitative estimate of drug-likeness (QED) is 0.143. The summed E-state index contributed by atoms with van der Waals surface area (Å²) in [5.41, 5.74) is 1.30. The molecule has 1 fully saturated rings. The van der Waals surface area contributed by atoms with Crippen LogP contribution < -0.4 is 5.32 Å². The number of hydrogen-bond acceptors (Lipinski definition) is 8. The number of esters is 1. The highest BCUT2D eigenvalue weighted by Crippen LogP contribution is 2.28. The third-order valence-corrected chi connectivity index (χ3v) is 5.56. The predicted octanol–water partition coefficient (Wildman–Crippen LogP) is 3.41. The Kier molecular flexibility index (Phi) is 5.53. The predicted molar refractivity (Wildman–Crippen MR) is 125 cm³/mol. The molecule has 0 atom stereocenters. The number of para-hydroxylation sites is 1. The Bertz CT molecular complexity index is 1570. The lowest BCUT2D eigenvalue weighted by Gasteiger charge is -2.09. The van der Waals surface area contributed by atoms with Gasteiger partial charge in [0.1, 0.15) is 23.5 Å². The van der Waals surface area contributed by atoms with Crippen molar-refractivity contribution < 1.29 is 28.5 Å². The van der Waals surface area contributed by atoms with E-state index in [1.807, 2.05) is 24.3 Å². The number of methoxy groups -OCH3 is 1. The third-order valence-electron chi connectivity index (χ3n) is 5.56. The van der Waals surface area contributed by atoms with E-state index in [1.165, 1.54) is 37.6 Å². The highest BCUT2D eigenvalue weighted by molar-refractivity contribution is 6.14. The topological polar surface area (TPSA) is 150 Å². The normalized spacial score (nSPS) is 14.5. The fraction of sp³-hybridized carbons (Fsp3) is 0.0833. The Hall–Kier alpha value is -5.26. The monoisotopic (exact) mass is 487 g/mol. The Morgan fingerprint density at radius 3 is 2.72 bits per heavy atom. The van der Waals surface area contributed by atoms with Crippen molar-refractivity contribution in [2.75, 3.05) is 7.11 Å². The number of aromatic nitrogens is 2. The number of benzene rings is 1. The van der Waals surface area contributed by atoms with Gasteiger partial charge in [-0.2, -0.15) is 0 Å². The van der Waals surface area contributed by atoms with Crippen molar-refractivity contribution in [3.05, 3.63) is 93.8 Å². The first-order chi connectivity index (χ1) is 17.4. The van der Waals surface area contributed by atoms with E-state index < -0.39 is 22.8 Å². The van der Waals surface area contributed by atoms with E-state index in [1.54, 1.807) is 16.8 Å². The van der Waals surface area contributed by atoms with Crippen molar-refractivity contribution in [3.63, 3.8) is 0 Å². The highest BCUT2D eigenvalue weighted by atomic mass is 16.6. The molecule has 1 aliphatic heterocycles. The Labute approximate surface area is 202 Å². The average Bonchev–Trinajstić information content (AvgIpc) is 3.57. The summed E-state index contributed by atoms with van der Waals surface area (Å²) < 4.78 is 11.7. The molecular formula is C24H17N5O7. The molecule has 0 bridgehead atoms. The molecule has 4 aromatic rings. The molecule has 5 rings (SSSR count). The standard InChI is InChI=1S/C24H17N5O7/c1-35-23(31)20-8-7-16(36-20)13-28-22(30)18(26-24(28)32)10-14-12-27(19-5-3-2-4-17(14)19)21-9-6-15(11-25-21)29(33)34/h2-12H,13H2,1H3,(H,26,32). The van der Waals surface area contributed by atoms with Crippen LogP contribution in [0.25, 0.3) is 22.8 Å². The summed E-state index contributed by atoms with van der Waals surface area (Å²) in [6.45, 7) is -0.173. The summed E-state index contributed by atoms with van der Waals surface area (Å²) in [6, 6.07) is 12.5. The number of carbonyl (C=O) groups is 3. The van der Waals surface area contributed by atoms with Crippen molar-refractivity contribution in [3.8, 4) is 5.82 Å². The number of pyridine rings is 1. The van der Waals surface area contributed by atoms with Crippen LogP contribution in [0.1, 0.15) is 21.9 Å². The number of nitro groups is 1. The molecule has 12 nitrogen and oxygen atoms in total. The maximum Gasteiger partial charge on any atom is 0.373 e. The maximum atomic E-state index is 13.0. The largest absolute Gasteiger partial charge is 0.463 e. The minimum absolute atomic E-state index is 0.0389. The van der Waals surface area contributed by atoms with Gasteiger partial charge in [0.2, 0.25) is 5.76 Å². The summed E-state index contributed by atoms with van der Waals surface area (Å²) in [5.74, 6) is -0.590. The lowest BCUT2D eigenvalue weighted by molar-refractivity contribution is -0.385. The summed E-state index contributed by atoms with van der Waals surface area (Å²) in [7, 11) is 1.22. The van der Waals surface area contributed by atoms with Gasteiger partial charge in [0.25, 0.3) is 11.6 Å². The second-order valence-corrected chi connectivity index (χ2v) is 7.74. The molecule has 36 heavy (non-hydrogen) atoms. The van der Waals surface area contributed by atoms with Crippen LogP contribution in [-0.4, -0.2) is 44.4 Å². The van der Waals surface area contributed by atoms with Crippen LogP contribution in [0.2, 0.25) is 0 Å². The van der Waals surface area contributed by atoms with Crippen LogP contribution >= 0.6 is 0 Å². The molecule has 0 radical (unpaired) electrons. The van der Waals surface area contributed by atoms with Gasteiger partial charge >= 0.3 is 12.0 Å². The molecule has 1 aromatic carbocycles. The molecule has 1 saturated heterocycles. The highest BCUT2D eigenvalue weighted by Gasteiger charge is 2.34. The van der Waals surface area contributed by atoms with Crippen molar-refractivity contribution in [1.29, 1.82) is 0 Å². The molecule has 0 saturated carbocycles.